The number of piperazine rings is 1. The molecule has 1 saturated carbocycles. The lowest BCUT2D eigenvalue weighted by Crippen LogP contribution is -2.52. The molecule has 6 N–H and O–H groups in total. The third-order valence-corrected chi connectivity index (χ3v) is 15.2. The fourth-order valence-corrected chi connectivity index (χ4v) is 10.8. The van der Waals surface area contributed by atoms with E-state index in [0.717, 1.165) is 139 Å². The van der Waals surface area contributed by atoms with Gasteiger partial charge in [0.05, 0.1) is 22.8 Å². The first kappa shape index (κ1) is 42.6. The molecule has 4 aliphatic heterocycles. The number of halogens is 1. The fourth-order valence-electron chi connectivity index (χ4n) is 9.64. The first-order chi connectivity index (χ1) is 29.0. The van der Waals surface area contributed by atoms with Gasteiger partial charge in [-0.25, -0.2) is 9.97 Å². The monoisotopic (exact) mass is 856 g/mol. The topological polar surface area (TPSA) is 166 Å². The quantitative estimate of drug-likeness (QED) is 0.167. The van der Waals surface area contributed by atoms with Crippen molar-refractivity contribution in [3.63, 3.8) is 0 Å². The second-order valence-electron chi connectivity index (χ2n) is 18.0. The molecule has 15 heteroatoms. The number of nitrogens with one attached hydrogen (secondary N) is 2. The van der Waals surface area contributed by atoms with Crippen LogP contribution >= 0.6 is 23.4 Å². The molecular formula is C45H61ClN10O3S. The summed E-state index contributed by atoms with van der Waals surface area (Å²) in [6.07, 6.45) is 10.8. The Hall–Kier alpha value is -4.11. The zero-order valence-corrected chi connectivity index (χ0v) is 36.5. The van der Waals surface area contributed by atoms with Crippen LogP contribution in [0.1, 0.15) is 82.6 Å². The number of amides is 3. The Kier molecular flexibility index (Phi) is 13.4. The van der Waals surface area contributed by atoms with Gasteiger partial charge in [-0.1, -0.05) is 41.6 Å². The molecule has 1 aromatic heterocycles. The normalized spacial score (nSPS) is 24.3. The van der Waals surface area contributed by atoms with Crippen molar-refractivity contribution in [3.8, 4) is 0 Å². The summed E-state index contributed by atoms with van der Waals surface area (Å²) in [4.78, 5) is 57.0. The van der Waals surface area contributed by atoms with Gasteiger partial charge in [-0.2, -0.15) is 0 Å². The zero-order chi connectivity index (χ0) is 41.8. The van der Waals surface area contributed by atoms with Crippen LogP contribution in [-0.2, 0) is 14.4 Å². The van der Waals surface area contributed by atoms with Crippen molar-refractivity contribution >= 4 is 64.1 Å². The smallest absolute Gasteiger partial charge is 0.234 e. The van der Waals surface area contributed by atoms with E-state index in [-0.39, 0.29) is 29.2 Å². The van der Waals surface area contributed by atoms with Gasteiger partial charge in [0, 0.05) is 93.9 Å². The summed E-state index contributed by atoms with van der Waals surface area (Å²) in [5.41, 5.74) is 15.6. The number of carbonyl (C=O) groups is 3. The van der Waals surface area contributed by atoms with Crippen LogP contribution in [0.2, 0.25) is 5.02 Å². The molecule has 1 atom stereocenters. The van der Waals surface area contributed by atoms with Crippen molar-refractivity contribution in [1.82, 2.24) is 25.1 Å². The van der Waals surface area contributed by atoms with Gasteiger partial charge in [-0.05, 0) is 106 Å². The Bertz CT molecular complexity index is 1990. The second-order valence-corrected chi connectivity index (χ2v) is 19.4. The molecule has 0 bridgehead atoms. The van der Waals surface area contributed by atoms with E-state index >= 15 is 0 Å². The molecule has 3 amide bonds. The maximum atomic E-state index is 13.6. The Morgan fingerprint density at radius 3 is 2.30 bits per heavy atom. The number of benzene rings is 2. The third kappa shape index (κ3) is 10.3. The number of piperidine rings is 3. The van der Waals surface area contributed by atoms with Crippen molar-refractivity contribution in [3.05, 3.63) is 59.2 Å². The molecular weight excluding hydrogens is 796 g/mol. The minimum absolute atomic E-state index is 0.118. The number of hydrogen-bond acceptors (Lipinski definition) is 12. The van der Waals surface area contributed by atoms with Gasteiger partial charge < -0.3 is 31.5 Å². The average molecular weight is 858 g/mol. The molecule has 0 spiro atoms. The summed E-state index contributed by atoms with van der Waals surface area (Å²) in [6.45, 7) is 11.3. The van der Waals surface area contributed by atoms with Crippen LogP contribution in [0.25, 0.3) is 0 Å². The molecule has 322 valence electrons. The van der Waals surface area contributed by atoms with E-state index < -0.39 is 0 Å². The van der Waals surface area contributed by atoms with Gasteiger partial charge in [0.15, 0.2) is 5.82 Å². The molecule has 5 heterocycles. The highest BCUT2D eigenvalue weighted by Crippen LogP contribution is 2.40. The molecule has 1 aliphatic carbocycles. The van der Waals surface area contributed by atoms with E-state index in [9.17, 15) is 14.4 Å². The molecule has 3 aromatic rings. The third-order valence-electron chi connectivity index (χ3n) is 13.6. The van der Waals surface area contributed by atoms with Crippen molar-refractivity contribution in [2.75, 3.05) is 86.3 Å². The molecule has 60 heavy (non-hydrogen) atoms. The highest BCUT2D eigenvalue weighted by molar-refractivity contribution is 7.99. The standard InChI is InChI=1S/C45H61ClN10O3S/c1-45(48)17-21-55(22-18-45)38-28-50-43(41(47)51-38)60-37-4-2-3-36(40(37)46)49-27-30-5-7-33(8-6-30)44(59)56-25-23-53(24-26-56)29-31-15-19-54(20-16-31)34-11-9-32(10-12-34)35-13-14-39(57)52-42(35)58/h2-4,9-12,28,30-31,33,35,49H,5-8,13-27,29,48H2,1H3,(H2,47,51)(H,52,57,58). The molecule has 2 aromatic carbocycles. The van der Waals surface area contributed by atoms with E-state index in [1.54, 1.807) is 6.20 Å². The number of aromatic nitrogens is 2. The van der Waals surface area contributed by atoms with Gasteiger partial charge in [0.25, 0.3) is 0 Å². The Labute approximate surface area is 363 Å². The number of rotatable bonds is 11. The van der Waals surface area contributed by atoms with E-state index in [2.05, 4.69) is 59.3 Å². The van der Waals surface area contributed by atoms with Crippen molar-refractivity contribution < 1.29 is 14.4 Å². The SMILES string of the molecule is CC1(N)CCN(c2cnc(Sc3cccc(NCC4CCC(C(=O)N5CCN(CC6CCN(c7ccc(C8CCC(=O)NC8=O)cc7)CC6)CC5)CC4)c3Cl)c(N)n2)CC1. The summed E-state index contributed by atoms with van der Waals surface area (Å²) < 4.78 is 0. The van der Waals surface area contributed by atoms with Gasteiger partial charge in [-0.15, -0.1) is 0 Å². The summed E-state index contributed by atoms with van der Waals surface area (Å²) in [7, 11) is 0. The van der Waals surface area contributed by atoms with Crippen molar-refractivity contribution in [2.45, 2.75) is 92.5 Å². The lowest BCUT2D eigenvalue weighted by atomic mass is 9.81. The lowest BCUT2D eigenvalue weighted by molar-refractivity contribution is -0.139. The van der Waals surface area contributed by atoms with Crippen LogP contribution in [0, 0.1) is 17.8 Å². The minimum atomic E-state index is -0.245. The second kappa shape index (κ2) is 18.9. The number of hydrogen-bond donors (Lipinski definition) is 4. The van der Waals surface area contributed by atoms with Gasteiger partial charge in [-0.3, -0.25) is 24.6 Å². The van der Waals surface area contributed by atoms with Crippen LogP contribution in [0.3, 0.4) is 0 Å². The van der Waals surface area contributed by atoms with Gasteiger partial charge in [0.2, 0.25) is 17.7 Å². The average Bonchev–Trinajstić information content (AvgIpc) is 3.25. The number of nitrogens with zero attached hydrogens (tertiary/aromatic N) is 6. The van der Waals surface area contributed by atoms with Crippen molar-refractivity contribution in [2.24, 2.45) is 23.5 Å². The molecule has 0 radical (unpaired) electrons. The number of carbonyl (C=O) groups excluding carboxylic acids is 3. The molecule has 4 saturated heterocycles. The first-order valence-corrected chi connectivity index (χ1v) is 23.2. The largest absolute Gasteiger partial charge is 0.384 e. The van der Waals surface area contributed by atoms with Crippen molar-refractivity contribution in [1.29, 1.82) is 0 Å². The summed E-state index contributed by atoms with van der Waals surface area (Å²) in [6, 6.07) is 14.3. The molecule has 1 unspecified atom stereocenters. The van der Waals surface area contributed by atoms with Crippen LogP contribution in [0.4, 0.5) is 23.0 Å². The van der Waals surface area contributed by atoms with E-state index in [0.29, 0.717) is 46.5 Å². The fraction of sp³-hybridized carbons (Fsp3) is 0.578. The van der Waals surface area contributed by atoms with Gasteiger partial charge in [0.1, 0.15) is 10.8 Å². The van der Waals surface area contributed by atoms with E-state index in [1.807, 2.05) is 30.3 Å². The van der Waals surface area contributed by atoms with Crippen LogP contribution < -0.4 is 31.9 Å². The summed E-state index contributed by atoms with van der Waals surface area (Å²) >= 11 is 8.35. The summed E-state index contributed by atoms with van der Waals surface area (Å²) in [5.74, 6) is 2.17. The predicted octanol–water partition coefficient (Wildman–Crippen LogP) is 5.98. The Morgan fingerprint density at radius 1 is 0.900 bits per heavy atom. The van der Waals surface area contributed by atoms with Crippen LogP contribution in [-0.4, -0.2) is 108 Å². The number of nitrogens with two attached hydrogens (primary N) is 2. The molecule has 8 rings (SSSR count). The van der Waals surface area contributed by atoms with Crippen LogP contribution in [0.5, 0.6) is 0 Å². The number of anilines is 4. The number of nitrogen functional groups attached to an aromatic ring is 1. The van der Waals surface area contributed by atoms with E-state index in [4.69, 9.17) is 23.1 Å². The Balaban J connectivity index is 0.728. The first-order valence-electron chi connectivity index (χ1n) is 22.0. The minimum Gasteiger partial charge on any atom is -0.384 e. The Morgan fingerprint density at radius 2 is 1.62 bits per heavy atom. The van der Waals surface area contributed by atoms with Gasteiger partial charge >= 0.3 is 0 Å². The maximum absolute atomic E-state index is 13.6. The lowest BCUT2D eigenvalue weighted by Gasteiger charge is -2.40. The molecule has 5 fully saturated rings. The summed E-state index contributed by atoms with van der Waals surface area (Å²) in [5, 5.41) is 7.35. The maximum Gasteiger partial charge on any atom is 0.234 e. The molecule has 5 aliphatic rings. The highest BCUT2D eigenvalue weighted by atomic mass is 35.5. The number of imide groups is 1. The van der Waals surface area contributed by atoms with E-state index in [1.165, 1.54) is 17.4 Å². The zero-order valence-electron chi connectivity index (χ0n) is 34.9. The molecule has 13 nitrogen and oxygen atoms in total. The van der Waals surface area contributed by atoms with Crippen LogP contribution in [0.15, 0.2) is 58.6 Å². The predicted molar refractivity (Wildman–Crippen MR) is 240 cm³/mol. The highest BCUT2D eigenvalue weighted by Gasteiger charge is 2.33.